The van der Waals surface area contributed by atoms with Gasteiger partial charge in [0.25, 0.3) is 11.4 Å². The second kappa shape index (κ2) is 11.3. The van der Waals surface area contributed by atoms with Crippen molar-refractivity contribution in [1.29, 1.82) is 15.8 Å². The number of nitriles is 3. The number of nitrogens with zero attached hydrogens (tertiary/aromatic N) is 6. The van der Waals surface area contributed by atoms with E-state index in [2.05, 4.69) is 14.5 Å². The molecule has 0 fully saturated rings. The summed E-state index contributed by atoms with van der Waals surface area (Å²) in [7, 11) is 0. The molecule has 0 radical (unpaired) electrons. The van der Waals surface area contributed by atoms with Gasteiger partial charge >= 0.3 is 0 Å². The van der Waals surface area contributed by atoms with Crippen molar-refractivity contribution in [3.05, 3.63) is 149 Å². The fraction of sp³-hybridized carbons (Fsp3) is 0. The minimum absolute atomic E-state index is 0.557. The normalized spacial score (nSPS) is 15.1. The first kappa shape index (κ1) is 32.3. The molecule has 230 valence electrons. The van der Waals surface area contributed by atoms with Crippen LogP contribution in [0, 0.1) is 112 Å². The molecule has 0 saturated heterocycles. The standard InChI is InChI=1S/C32H2F10N6/c1-46-14(7-44)16-10-5-12-11(4-9(10)13(6-43)18(16)20-22(33)26(37)30(41)27(38)23(20)34)17(15(8-45)47-2)19(32(12)48-3)21-24(35)28(39)31(42)29(40)25(21)36/h4-5H/b16-14+,17-15-. The number of hydrogen-bond donors (Lipinski definition) is 0. The topological polar surface area (TPSA) is 84.4 Å². The Labute approximate surface area is 261 Å². The molecule has 5 rings (SSSR count). The highest BCUT2D eigenvalue weighted by Gasteiger charge is 2.42. The molecular formula is C32H2F10N6. The Morgan fingerprint density at radius 2 is 0.854 bits per heavy atom. The summed E-state index contributed by atoms with van der Waals surface area (Å²) >= 11 is 0. The zero-order valence-electron chi connectivity index (χ0n) is 22.6. The fourth-order valence-electron chi connectivity index (χ4n) is 5.34. The Morgan fingerprint density at radius 1 is 0.500 bits per heavy atom. The number of halogens is 10. The minimum atomic E-state index is -2.58. The molecule has 0 atom stereocenters. The van der Waals surface area contributed by atoms with Gasteiger partial charge in [-0.25, -0.2) is 69.0 Å². The molecule has 0 aromatic heterocycles. The molecule has 0 unspecified atom stereocenters. The monoisotopic (exact) mass is 660 g/mol. The van der Waals surface area contributed by atoms with Crippen LogP contribution in [0.1, 0.15) is 33.4 Å². The van der Waals surface area contributed by atoms with Crippen molar-refractivity contribution in [2.45, 2.75) is 0 Å². The SMILES string of the molecule is [C-]#[N+]C1=C(c2c(F)c(F)c(F)c(F)c2F)/C(=C(/C#N)[N+]#[C-])c2cc3c(cc21)/C(=C(/C#N)[N+]#[C-])C(c1c(F)c(F)c(F)c(F)c1F)=C3C#N. The van der Waals surface area contributed by atoms with E-state index < -0.39 is 137 Å². The highest BCUT2D eigenvalue weighted by atomic mass is 19.2. The third-order valence-corrected chi connectivity index (χ3v) is 7.26. The van der Waals surface area contributed by atoms with Crippen molar-refractivity contribution in [3.8, 4) is 18.2 Å². The maximum Gasteiger partial charge on any atom is 0.270 e. The fourth-order valence-corrected chi connectivity index (χ4v) is 5.34. The lowest BCUT2D eigenvalue weighted by molar-refractivity contribution is 0.376. The van der Waals surface area contributed by atoms with E-state index in [0.717, 1.165) is 12.1 Å². The average Bonchev–Trinajstić information content (AvgIpc) is 3.56. The number of allylic oxidation sites excluding steroid dienone is 7. The highest BCUT2D eigenvalue weighted by molar-refractivity contribution is 6.29. The average molecular weight is 660 g/mol. The molecule has 2 aliphatic carbocycles. The van der Waals surface area contributed by atoms with Crippen molar-refractivity contribution < 1.29 is 43.9 Å². The van der Waals surface area contributed by atoms with Crippen LogP contribution in [-0.4, -0.2) is 0 Å². The van der Waals surface area contributed by atoms with Crippen LogP contribution in [0.4, 0.5) is 43.9 Å². The maximum atomic E-state index is 15.1. The van der Waals surface area contributed by atoms with Crippen LogP contribution in [0.2, 0.25) is 0 Å². The first-order chi connectivity index (χ1) is 22.8. The van der Waals surface area contributed by atoms with Crippen LogP contribution in [0.3, 0.4) is 0 Å². The predicted octanol–water partition coefficient (Wildman–Crippen LogP) is 8.63. The van der Waals surface area contributed by atoms with Crippen LogP contribution < -0.4 is 0 Å². The number of fused-ring (bicyclic) bond motifs is 2. The van der Waals surface area contributed by atoms with E-state index in [-0.39, 0.29) is 0 Å². The van der Waals surface area contributed by atoms with Gasteiger partial charge in [-0.1, -0.05) is 6.07 Å². The summed E-state index contributed by atoms with van der Waals surface area (Å²) in [5.74, 6) is -24.8. The zero-order chi connectivity index (χ0) is 35.5. The predicted molar refractivity (Wildman–Crippen MR) is 143 cm³/mol. The van der Waals surface area contributed by atoms with E-state index >= 15 is 17.6 Å². The van der Waals surface area contributed by atoms with E-state index in [1.165, 1.54) is 18.2 Å². The molecule has 0 aliphatic heterocycles. The summed E-state index contributed by atoms with van der Waals surface area (Å²) in [6, 6.07) is 5.72. The first-order valence-electron chi connectivity index (χ1n) is 12.3. The van der Waals surface area contributed by atoms with E-state index in [4.69, 9.17) is 19.7 Å². The van der Waals surface area contributed by atoms with E-state index in [1.54, 1.807) is 0 Å². The lowest BCUT2D eigenvalue weighted by Crippen LogP contribution is -2.07. The molecule has 2 aliphatic rings. The summed E-state index contributed by atoms with van der Waals surface area (Å²) in [6.45, 7) is 22.5. The number of benzene rings is 3. The number of hydrogen-bond acceptors (Lipinski definition) is 3. The molecule has 16 heteroatoms. The van der Waals surface area contributed by atoms with Crippen LogP contribution in [0.5, 0.6) is 0 Å². The van der Waals surface area contributed by atoms with Gasteiger partial charge in [0.05, 0.1) is 43.0 Å². The Balaban J connectivity index is 2.02. The quantitative estimate of drug-likeness (QED) is 0.0907. The van der Waals surface area contributed by atoms with Crippen molar-refractivity contribution in [3.63, 3.8) is 0 Å². The maximum absolute atomic E-state index is 15.1. The third-order valence-electron chi connectivity index (χ3n) is 7.26. The van der Waals surface area contributed by atoms with Gasteiger partial charge in [0.15, 0.2) is 46.5 Å². The largest absolute Gasteiger partial charge is 0.270 e. The van der Waals surface area contributed by atoms with Crippen LogP contribution in [-0.2, 0) is 0 Å². The third kappa shape index (κ3) is 4.08. The van der Waals surface area contributed by atoms with Crippen molar-refractivity contribution >= 4 is 33.6 Å². The van der Waals surface area contributed by atoms with Crippen LogP contribution >= 0.6 is 0 Å². The molecule has 3 aromatic rings. The summed E-state index contributed by atoms with van der Waals surface area (Å²) in [5.41, 5.74) is -13.8. The summed E-state index contributed by atoms with van der Waals surface area (Å²) < 4.78 is 146. The molecule has 0 saturated carbocycles. The number of rotatable bonds is 2. The summed E-state index contributed by atoms with van der Waals surface area (Å²) in [6.07, 6.45) is 0. The molecule has 0 amide bonds. The Kier molecular flexibility index (Phi) is 7.62. The molecule has 0 bridgehead atoms. The molecule has 6 nitrogen and oxygen atoms in total. The lowest BCUT2D eigenvalue weighted by Gasteiger charge is -2.14. The van der Waals surface area contributed by atoms with Gasteiger partial charge in [0, 0.05) is 16.7 Å². The Hall–Kier alpha value is -7.14. The summed E-state index contributed by atoms with van der Waals surface area (Å²) in [5, 5.41) is 29.4. The minimum Gasteiger partial charge on any atom is -0.237 e. The van der Waals surface area contributed by atoms with Crippen molar-refractivity contribution in [2.24, 2.45) is 0 Å². The van der Waals surface area contributed by atoms with Crippen molar-refractivity contribution in [1.82, 2.24) is 0 Å². The molecule has 48 heavy (non-hydrogen) atoms. The van der Waals surface area contributed by atoms with Gasteiger partial charge in [-0.05, 0) is 39.5 Å². The van der Waals surface area contributed by atoms with Crippen LogP contribution in [0.15, 0.2) is 23.5 Å². The molecule has 3 aromatic carbocycles. The van der Waals surface area contributed by atoms with Crippen LogP contribution in [0.25, 0.3) is 48.1 Å². The second-order valence-corrected chi connectivity index (χ2v) is 9.42. The van der Waals surface area contributed by atoms with Gasteiger partial charge < -0.3 is 0 Å². The molecule has 0 heterocycles. The highest BCUT2D eigenvalue weighted by Crippen LogP contribution is 2.56. The first-order valence-corrected chi connectivity index (χ1v) is 12.3. The van der Waals surface area contributed by atoms with E-state index in [0.29, 0.717) is 0 Å². The Morgan fingerprint density at radius 3 is 1.23 bits per heavy atom. The smallest absolute Gasteiger partial charge is 0.237 e. The van der Waals surface area contributed by atoms with Gasteiger partial charge in [0.2, 0.25) is 17.3 Å². The Bertz CT molecular complexity index is 2250. The van der Waals surface area contributed by atoms with E-state index in [9.17, 15) is 42.1 Å². The van der Waals surface area contributed by atoms with Gasteiger partial charge in [-0.3, -0.25) is 0 Å². The van der Waals surface area contributed by atoms with Gasteiger partial charge in [0.1, 0.15) is 6.07 Å². The molecule has 0 N–H and O–H groups in total. The van der Waals surface area contributed by atoms with Crippen molar-refractivity contribution in [2.75, 3.05) is 0 Å². The lowest BCUT2D eigenvalue weighted by atomic mass is 9.91. The van der Waals surface area contributed by atoms with E-state index in [1.807, 2.05) is 0 Å². The second-order valence-electron chi connectivity index (χ2n) is 9.42. The molecular weight excluding hydrogens is 658 g/mol. The molecule has 0 spiro atoms. The van der Waals surface area contributed by atoms with Gasteiger partial charge in [-0.2, -0.15) is 5.26 Å². The zero-order valence-corrected chi connectivity index (χ0v) is 22.6. The van der Waals surface area contributed by atoms with Gasteiger partial charge in [-0.15, -0.1) is 0 Å². The summed E-state index contributed by atoms with van der Waals surface area (Å²) in [4.78, 5) is 8.91.